The molecule has 1 aromatic rings. The molecule has 0 heterocycles. The molecule has 0 N–H and O–H groups in total. The molecule has 1 rings (SSSR count). The summed E-state index contributed by atoms with van der Waals surface area (Å²) in [6, 6.07) is 5.01. The van der Waals surface area contributed by atoms with Crippen molar-refractivity contribution in [3.8, 4) is 6.07 Å². The molecule has 7 heteroatoms. The van der Waals surface area contributed by atoms with E-state index in [1.165, 1.54) is 19.2 Å². The summed E-state index contributed by atoms with van der Waals surface area (Å²) < 4.78 is 42.8. The van der Waals surface area contributed by atoms with Gasteiger partial charge in [0.25, 0.3) is 0 Å². The van der Waals surface area contributed by atoms with Crippen LogP contribution in [-0.4, -0.2) is 18.8 Å². The summed E-state index contributed by atoms with van der Waals surface area (Å²) in [6.45, 7) is 1.63. The van der Waals surface area contributed by atoms with Crippen LogP contribution in [0.25, 0.3) is 0 Å². The third-order valence-corrected chi connectivity index (χ3v) is 3.77. The van der Waals surface area contributed by atoms with E-state index in [-0.39, 0.29) is 0 Å². The van der Waals surface area contributed by atoms with E-state index in [0.29, 0.717) is 10.6 Å². The zero-order valence-electron chi connectivity index (χ0n) is 10.8. The lowest BCUT2D eigenvalue weighted by Crippen LogP contribution is -2.14. The van der Waals surface area contributed by atoms with Crippen LogP contribution in [0, 0.1) is 17.2 Å². The zero-order valence-corrected chi connectivity index (χ0v) is 11.6. The normalized spacial score (nSPS) is 12.6. The van der Waals surface area contributed by atoms with Crippen molar-refractivity contribution in [3.05, 3.63) is 29.3 Å². The Morgan fingerprint density at radius 3 is 2.65 bits per heavy atom. The first kappa shape index (κ1) is 16.4. The molecule has 1 unspecified atom stereocenters. The van der Waals surface area contributed by atoms with Gasteiger partial charge in [-0.1, -0.05) is 6.92 Å². The van der Waals surface area contributed by atoms with E-state index in [1.807, 2.05) is 0 Å². The number of methoxy groups -OCH3 is 1. The minimum absolute atomic E-state index is 0.301. The van der Waals surface area contributed by atoms with Gasteiger partial charge < -0.3 is 4.74 Å². The molecule has 0 fully saturated rings. The van der Waals surface area contributed by atoms with E-state index < -0.39 is 29.2 Å². The lowest BCUT2D eigenvalue weighted by molar-refractivity contribution is -0.144. The topological polar surface area (TPSA) is 50.1 Å². The number of ether oxygens (including phenoxy) is 1. The van der Waals surface area contributed by atoms with E-state index in [2.05, 4.69) is 4.74 Å². The van der Waals surface area contributed by atoms with Crippen molar-refractivity contribution < 1.29 is 22.7 Å². The van der Waals surface area contributed by atoms with E-state index >= 15 is 0 Å². The fraction of sp³-hybridized carbons (Fsp3) is 0.385. The minimum Gasteiger partial charge on any atom is -0.469 e. The van der Waals surface area contributed by atoms with Gasteiger partial charge in [0.2, 0.25) is 0 Å². The van der Waals surface area contributed by atoms with Crippen molar-refractivity contribution in [1.29, 1.82) is 5.26 Å². The summed E-state index contributed by atoms with van der Waals surface area (Å²) in [7, 11) is 1.26. The molecule has 20 heavy (non-hydrogen) atoms. The summed E-state index contributed by atoms with van der Waals surface area (Å²) in [6.07, 6.45) is -4.57. The second-order valence-electron chi connectivity index (χ2n) is 4.05. The number of rotatable bonds is 4. The number of thioether (sulfide) groups is 1. The Balaban J connectivity index is 2.89. The Kier molecular flexibility index (Phi) is 5.45. The molecule has 0 aromatic heterocycles. The number of carbonyl (C=O) groups excluding carboxylic acids is 1. The quantitative estimate of drug-likeness (QED) is 0.631. The van der Waals surface area contributed by atoms with Crippen molar-refractivity contribution >= 4 is 17.7 Å². The molecule has 0 saturated carbocycles. The fourth-order valence-electron chi connectivity index (χ4n) is 1.44. The molecule has 0 aliphatic carbocycles. The number of carbonyl (C=O) groups is 1. The van der Waals surface area contributed by atoms with Gasteiger partial charge in [-0.25, -0.2) is 0 Å². The Morgan fingerprint density at radius 1 is 1.50 bits per heavy atom. The first-order chi connectivity index (χ1) is 9.29. The van der Waals surface area contributed by atoms with Gasteiger partial charge in [-0.3, -0.25) is 4.79 Å². The fourth-order valence-corrected chi connectivity index (χ4v) is 2.38. The molecule has 0 aliphatic rings. The summed E-state index contributed by atoms with van der Waals surface area (Å²) in [5.74, 6) is -0.534. The monoisotopic (exact) mass is 303 g/mol. The van der Waals surface area contributed by atoms with Gasteiger partial charge in [-0.2, -0.15) is 18.4 Å². The predicted octanol–water partition coefficient (Wildman–Crippen LogP) is 3.48. The van der Waals surface area contributed by atoms with Crippen LogP contribution in [0.5, 0.6) is 0 Å². The van der Waals surface area contributed by atoms with Crippen molar-refractivity contribution in [3.63, 3.8) is 0 Å². The Hall–Kier alpha value is -1.68. The molecular formula is C13H12F3NO2S. The Labute approximate surface area is 118 Å². The highest BCUT2D eigenvalue weighted by Crippen LogP contribution is 2.34. The van der Waals surface area contributed by atoms with E-state index in [4.69, 9.17) is 5.26 Å². The van der Waals surface area contributed by atoms with Gasteiger partial charge in [-0.05, 0) is 18.2 Å². The number of hydrogen-bond donors (Lipinski definition) is 0. The van der Waals surface area contributed by atoms with Gasteiger partial charge in [-0.15, -0.1) is 11.8 Å². The summed E-state index contributed by atoms with van der Waals surface area (Å²) >= 11 is 1.11. The van der Waals surface area contributed by atoms with Crippen LogP contribution in [0.4, 0.5) is 13.2 Å². The third-order valence-electron chi connectivity index (χ3n) is 2.52. The highest BCUT2D eigenvalue weighted by Gasteiger charge is 2.33. The lowest BCUT2D eigenvalue weighted by Gasteiger charge is -2.12. The van der Waals surface area contributed by atoms with Gasteiger partial charge >= 0.3 is 12.1 Å². The number of esters is 1. The first-order valence-corrected chi connectivity index (χ1v) is 6.60. The predicted molar refractivity (Wildman–Crippen MR) is 68.1 cm³/mol. The standard InChI is InChI=1S/C13H12F3NO2S/c1-8(12(18)19-2)7-20-10-4-3-9(6-17)11(5-10)13(14,15)16/h3-5,8H,7H2,1-2H3. The number of nitriles is 1. The van der Waals surface area contributed by atoms with Crippen molar-refractivity contribution in [2.45, 2.75) is 18.0 Å². The second-order valence-corrected chi connectivity index (χ2v) is 5.15. The maximum Gasteiger partial charge on any atom is 0.417 e. The first-order valence-electron chi connectivity index (χ1n) is 5.61. The second kappa shape index (κ2) is 6.66. The molecule has 108 valence electrons. The number of alkyl halides is 3. The Morgan fingerprint density at radius 2 is 2.15 bits per heavy atom. The van der Waals surface area contributed by atoms with Gasteiger partial charge in [0.1, 0.15) is 0 Å². The highest BCUT2D eigenvalue weighted by atomic mass is 32.2. The molecule has 0 radical (unpaired) electrons. The highest BCUT2D eigenvalue weighted by molar-refractivity contribution is 7.99. The third kappa shape index (κ3) is 4.17. The summed E-state index contributed by atoms with van der Waals surface area (Å²) in [4.78, 5) is 11.6. The summed E-state index contributed by atoms with van der Waals surface area (Å²) in [5.41, 5.74) is -1.38. The smallest absolute Gasteiger partial charge is 0.417 e. The van der Waals surface area contributed by atoms with Crippen molar-refractivity contribution in [1.82, 2.24) is 0 Å². The molecule has 0 amide bonds. The zero-order chi connectivity index (χ0) is 15.3. The van der Waals surface area contributed by atoms with Crippen LogP contribution in [0.3, 0.4) is 0 Å². The average Bonchev–Trinajstić information content (AvgIpc) is 2.42. The molecule has 0 bridgehead atoms. The van der Waals surface area contributed by atoms with Crippen LogP contribution in [0.1, 0.15) is 18.1 Å². The summed E-state index contributed by atoms with van der Waals surface area (Å²) in [5, 5.41) is 8.68. The van der Waals surface area contributed by atoms with Crippen molar-refractivity contribution in [2.75, 3.05) is 12.9 Å². The number of benzene rings is 1. The maximum absolute atomic E-state index is 12.8. The maximum atomic E-state index is 12.8. The number of hydrogen-bond acceptors (Lipinski definition) is 4. The molecule has 0 spiro atoms. The Bertz CT molecular complexity index is 537. The van der Waals surface area contributed by atoms with Gasteiger partial charge in [0.05, 0.1) is 30.2 Å². The molecule has 1 atom stereocenters. The van der Waals surface area contributed by atoms with Gasteiger partial charge in [0.15, 0.2) is 0 Å². The molecule has 0 aliphatic heterocycles. The van der Waals surface area contributed by atoms with Crippen LogP contribution in [0.2, 0.25) is 0 Å². The van der Waals surface area contributed by atoms with E-state index in [9.17, 15) is 18.0 Å². The van der Waals surface area contributed by atoms with Crippen LogP contribution in [-0.2, 0) is 15.7 Å². The number of halogens is 3. The SMILES string of the molecule is COC(=O)C(C)CSc1ccc(C#N)c(C(F)(F)F)c1. The molecular weight excluding hydrogens is 291 g/mol. The molecule has 0 saturated heterocycles. The van der Waals surface area contributed by atoms with Crippen molar-refractivity contribution in [2.24, 2.45) is 5.92 Å². The van der Waals surface area contributed by atoms with E-state index in [1.54, 1.807) is 6.92 Å². The minimum atomic E-state index is -4.57. The molecule has 3 nitrogen and oxygen atoms in total. The largest absolute Gasteiger partial charge is 0.469 e. The van der Waals surface area contributed by atoms with E-state index in [0.717, 1.165) is 23.9 Å². The average molecular weight is 303 g/mol. The number of nitrogens with zero attached hydrogens (tertiary/aromatic N) is 1. The lowest BCUT2D eigenvalue weighted by atomic mass is 10.1. The van der Waals surface area contributed by atoms with Crippen LogP contribution < -0.4 is 0 Å². The molecule has 1 aromatic carbocycles. The van der Waals surface area contributed by atoms with Gasteiger partial charge in [0, 0.05) is 10.6 Å². The van der Waals surface area contributed by atoms with Crippen LogP contribution in [0.15, 0.2) is 23.1 Å². The van der Waals surface area contributed by atoms with Crippen LogP contribution >= 0.6 is 11.8 Å².